The molecule has 1 aromatic rings. The van der Waals surface area contributed by atoms with Crippen molar-refractivity contribution < 1.29 is 41.0 Å². The van der Waals surface area contributed by atoms with E-state index < -0.39 is 46.7 Å². The number of rotatable bonds is 3. The van der Waals surface area contributed by atoms with E-state index >= 15 is 0 Å². The van der Waals surface area contributed by atoms with Gasteiger partial charge < -0.3 is 9.84 Å². The van der Waals surface area contributed by atoms with Gasteiger partial charge in [-0.15, -0.1) is 0 Å². The number of carbonyl (C=O) groups is 1. The number of methoxy groups -OCH3 is 1. The molecule has 0 bridgehead atoms. The van der Waals surface area contributed by atoms with Crippen LogP contribution in [0.25, 0.3) is 0 Å². The molecule has 0 fully saturated rings. The van der Waals surface area contributed by atoms with Gasteiger partial charge in [-0.3, -0.25) is 0 Å². The molecule has 1 aromatic carbocycles. The number of aliphatic hydroxyl groups is 1. The second-order valence-corrected chi connectivity index (χ2v) is 4.26. The lowest BCUT2D eigenvalue weighted by molar-refractivity contribution is -0.143. The van der Waals surface area contributed by atoms with Crippen molar-refractivity contribution in [1.29, 1.82) is 0 Å². The number of benzene rings is 1. The molecule has 0 heterocycles. The first-order chi connectivity index (χ1) is 9.87. The fourth-order valence-electron chi connectivity index (χ4n) is 1.58. The summed E-state index contributed by atoms with van der Waals surface area (Å²) >= 11 is 0. The van der Waals surface area contributed by atoms with Crippen molar-refractivity contribution >= 4 is 5.97 Å². The monoisotopic (exact) mass is 328 g/mol. The third-order valence-electron chi connectivity index (χ3n) is 2.70. The fourth-order valence-corrected chi connectivity index (χ4v) is 1.58. The lowest BCUT2D eigenvalue weighted by Gasteiger charge is -2.17. The highest BCUT2D eigenvalue weighted by Crippen LogP contribution is 2.38. The van der Waals surface area contributed by atoms with Gasteiger partial charge in [-0.1, -0.05) is 6.58 Å². The number of carbonyl (C=O) groups excluding carboxylic acids is 1. The molecule has 22 heavy (non-hydrogen) atoms. The third kappa shape index (κ3) is 4.00. The second-order valence-electron chi connectivity index (χ2n) is 4.26. The fraction of sp³-hybridized carbons (Fsp3) is 0.308. The average molecular weight is 328 g/mol. The van der Waals surface area contributed by atoms with E-state index in [0.717, 1.165) is 7.11 Å². The molecular formula is C13H10F6O3. The maximum absolute atomic E-state index is 12.7. The van der Waals surface area contributed by atoms with E-state index in [1.54, 1.807) is 0 Å². The van der Waals surface area contributed by atoms with E-state index in [0.29, 0.717) is 12.1 Å². The molecule has 0 radical (unpaired) electrons. The van der Waals surface area contributed by atoms with Crippen LogP contribution in [-0.2, 0) is 21.9 Å². The number of aliphatic hydroxyl groups excluding tert-OH is 1. The molecule has 0 spiro atoms. The quantitative estimate of drug-likeness (QED) is 0.525. The van der Waals surface area contributed by atoms with E-state index in [4.69, 9.17) is 0 Å². The number of halogens is 6. The van der Waals surface area contributed by atoms with Crippen LogP contribution in [0.5, 0.6) is 0 Å². The van der Waals surface area contributed by atoms with Gasteiger partial charge in [-0.2, -0.15) is 26.3 Å². The van der Waals surface area contributed by atoms with E-state index in [-0.39, 0.29) is 6.07 Å². The lowest BCUT2D eigenvalue weighted by atomic mass is 9.97. The lowest BCUT2D eigenvalue weighted by Crippen LogP contribution is -2.16. The molecule has 0 saturated heterocycles. The van der Waals surface area contributed by atoms with Gasteiger partial charge in [0.25, 0.3) is 0 Å². The molecule has 1 unspecified atom stereocenters. The molecule has 0 saturated carbocycles. The van der Waals surface area contributed by atoms with Gasteiger partial charge in [0.05, 0.1) is 23.8 Å². The molecule has 1 N–H and O–H groups in total. The number of hydrogen-bond donors (Lipinski definition) is 1. The summed E-state index contributed by atoms with van der Waals surface area (Å²) in [7, 11) is 0.924. The maximum atomic E-state index is 12.7. The zero-order chi connectivity index (χ0) is 17.3. The smallest absolute Gasteiger partial charge is 0.416 e. The van der Waals surface area contributed by atoms with Gasteiger partial charge in [0.2, 0.25) is 0 Å². The second kappa shape index (κ2) is 5.99. The minimum absolute atomic E-state index is 0.0862. The zero-order valence-corrected chi connectivity index (χ0v) is 11.0. The minimum Gasteiger partial charge on any atom is -0.466 e. The standard InChI is InChI=1S/C13H10F6O3/c1-6(11(21)22-2)10(20)7-3-8(12(14,15)16)5-9(4-7)13(17,18)19/h3-5,10,20H,1H2,2H3. The molecule has 0 aliphatic rings. The molecule has 122 valence electrons. The van der Waals surface area contributed by atoms with E-state index in [9.17, 15) is 36.2 Å². The number of alkyl halides is 6. The van der Waals surface area contributed by atoms with Crippen molar-refractivity contribution in [3.8, 4) is 0 Å². The summed E-state index contributed by atoms with van der Waals surface area (Å²) in [4.78, 5) is 11.2. The van der Waals surface area contributed by atoms with Crippen LogP contribution < -0.4 is 0 Å². The summed E-state index contributed by atoms with van der Waals surface area (Å²) in [5.41, 5.74) is -4.66. The molecule has 0 aliphatic heterocycles. The highest BCUT2D eigenvalue weighted by Gasteiger charge is 2.37. The van der Waals surface area contributed by atoms with Crippen LogP contribution in [-0.4, -0.2) is 18.2 Å². The Morgan fingerprint density at radius 1 is 1.09 bits per heavy atom. The molecule has 3 nitrogen and oxygen atoms in total. The third-order valence-corrected chi connectivity index (χ3v) is 2.70. The predicted octanol–water partition coefficient (Wildman–Crippen LogP) is 3.49. The van der Waals surface area contributed by atoms with Gasteiger partial charge in [0.1, 0.15) is 6.10 Å². The zero-order valence-electron chi connectivity index (χ0n) is 11.0. The van der Waals surface area contributed by atoms with Gasteiger partial charge in [-0.05, 0) is 23.8 Å². The van der Waals surface area contributed by atoms with Crippen molar-refractivity contribution in [2.75, 3.05) is 7.11 Å². The molecule has 1 rings (SSSR count). The van der Waals surface area contributed by atoms with Gasteiger partial charge >= 0.3 is 18.3 Å². The number of esters is 1. The van der Waals surface area contributed by atoms with Gasteiger partial charge in [-0.25, -0.2) is 4.79 Å². The maximum Gasteiger partial charge on any atom is 0.416 e. The SMILES string of the molecule is C=C(C(=O)OC)C(O)c1cc(C(F)(F)F)cc(C(F)(F)F)c1. The summed E-state index contributed by atoms with van der Waals surface area (Å²) < 4.78 is 80.2. The Balaban J connectivity index is 3.42. The summed E-state index contributed by atoms with van der Waals surface area (Å²) in [5, 5.41) is 9.74. The van der Waals surface area contributed by atoms with Crippen LogP contribution in [0.15, 0.2) is 30.4 Å². The normalized spacial score (nSPS) is 13.6. The molecule has 0 aromatic heterocycles. The van der Waals surface area contributed by atoms with Crippen molar-refractivity contribution in [3.63, 3.8) is 0 Å². The Morgan fingerprint density at radius 3 is 1.82 bits per heavy atom. The first kappa shape index (κ1) is 18.0. The van der Waals surface area contributed by atoms with E-state index in [2.05, 4.69) is 11.3 Å². The summed E-state index contributed by atoms with van der Waals surface area (Å²) in [6.07, 6.45) is -12.2. The number of hydrogen-bond acceptors (Lipinski definition) is 3. The molecule has 9 heteroatoms. The van der Waals surface area contributed by atoms with Crippen molar-refractivity contribution in [2.24, 2.45) is 0 Å². The van der Waals surface area contributed by atoms with Crippen LogP contribution in [0.4, 0.5) is 26.3 Å². The van der Waals surface area contributed by atoms with Crippen molar-refractivity contribution in [3.05, 3.63) is 47.0 Å². The Bertz CT molecular complexity index is 556. The number of ether oxygens (including phenoxy) is 1. The van der Waals surface area contributed by atoms with Crippen LogP contribution >= 0.6 is 0 Å². The van der Waals surface area contributed by atoms with Crippen LogP contribution in [0, 0.1) is 0 Å². The Morgan fingerprint density at radius 2 is 1.50 bits per heavy atom. The predicted molar refractivity (Wildman–Crippen MR) is 62.6 cm³/mol. The topological polar surface area (TPSA) is 46.5 Å². The Hall–Kier alpha value is -2.03. The minimum atomic E-state index is -5.05. The largest absolute Gasteiger partial charge is 0.466 e. The van der Waals surface area contributed by atoms with Crippen molar-refractivity contribution in [1.82, 2.24) is 0 Å². The summed E-state index contributed by atoms with van der Waals surface area (Å²) in [6, 6.07) is 0.541. The van der Waals surface area contributed by atoms with Gasteiger partial charge in [0, 0.05) is 0 Å². The highest BCUT2D eigenvalue weighted by molar-refractivity contribution is 5.89. The highest BCUT2D eigenvalue weighted by atomic mass is 19.4. The molecular weight excluding hydrogens is 318 g/mol. The van der Waals surface area contributed by atoms with Crippen LogP contribution in [0.3, 0.4) is 0 Å². The van der Waals surface area contributed by atoms with E-state index in [1.807, 2.05) is 0 Å². The summed E-state index contributed by atoms with van der Waals surface area (Å²) in [6.45, 7) is 3.10. The van der Waals surface area contributed by atoms with Crippen molar-refractivity contribution in [2.45, 2.75) is 18.5 Å². The first-order valence-electron chi connectivity index (χ1n) is 5.62. The van der Waals surface area contributed by atoms with E-state index in [1.165, 1.54) is 0 Å². The van der Waals surface area contributed by atoms with Gasteiger partial charge in [0.15, 0.2) is 0 Å². The van der Waals surface area contributed by atoms with Crippen LogP contribution in [0.2, 0.25) is 0 Å². The van der Waals surface area contributed by atoms with Crippen LogP contribution in [0.1, 0.15) is 22.8 Å². The Labute approximate surface area is 120 Å². The Kier molecular flexibility index (Phi) is 4.91. The summed E-state index contributed by atoms with van der Waals surface area (Å²) in [5.74, 6) is -1.15. The first-order valence-corrected chi connectivity index (χ1v) is 5.62. The average Bonchev–Trinajstić information content (AvgIpc) is 2.42. The molecule has 1 atom stereocenters. The molecule has 0 amide bonds. The molecule has 0 aliphatic carbocycles.